The second-order valence-corrected chi connectivity index (χ2v) is 7.74. The number of nitrogens with one attached hydrogen (secondary N) is 1. The van der Waals surface area contributed by atoms with Gasteiger partial charge in [-0.05, 0) is 33.8 Å². The van der Waals surface area contributed by atoms with Crippen LogP contribution in [0.2, 0.25) is 0 Å². The predicted molar refractivity (Wildman–Crippen MR) is 77.4 cm³/mol. The molecule has 0 spiro atoms. The number of hydrogen-bond acceptors (Lipinski definition) is 3. The molecule has 0 saturated carbocycles. The van der Waals surface area contributed by atoms with Crippen LogP contribution in [-0.2, 0) is 16.2 Å². The van der Waals surface area contributed by atoms with Crippen molar-refractivity contribution in [1.29, 1.82) is 0 Å². The molecule has 0 bridgehead atoms. The molecule has 0 radical (unpaired) electrons. The zero-order valence-corrected chi connectivity index (χ0v) is 13.1. The second kappa shape index (κ2) is 6.72. The van der Waals surface area contributed by atoms with Crippen LogP contribution < -0.4 is 4.72 Å². The SMILES string of the molecule is Cc1ccc(F)c(C(N[S+]([O-])C(C)(C)C)C(F)C(=O)O)c1. The fraction of sp³-hybridized carbons (Fsp3) is 0.500. The van der Waals surface area contributed by atoms with Gasteiger partial charge in [0.1, 0.15) is 16.6 Å². The van der Waals surface area contributed by atoms with Gasteiger partial charge >= 0.3 is 5.97 Å². The molecule has 1 rings (SSSR count). The number of carboxylic acids is 1. The molecule has 0 saturated heterocycles. The zero-order valence-electron chi connectivity index (χ0n) is 12.3. The average molecular weight is 319 g/mol. The van der Waals surface area contributed by atoms with Crippen molar-refractivity contribution in [3.05, 3.63) is 35.1 Å². The Morgan fingerprint density at radius 1 is 1.43 bits per heavy atom. The molecule has 118 valence electrons. The number of alkyl halides is 1. The van der Waals surface area contributed by atoms with Gasteiger partial charge < -0.3 is 9.66 Å². The summed E-state index contributed by atoms with van der Waals surface area (Å²) in [6.45, 7) is 6.62. The van der Waals surface area contributed by atoms with E-state index >= 15 is 0 Å². The van der Waals surface area contributed by atoms with E-state index in [2.05, 4.69) is 4.72 Å². The van der Waals surface area contributed by atoms with Crippen LogP contribution in [0.3, 0.4) is 0 Å². The topological polar surface area (TPSA) is 72.4 Å². The van der Waals surface area contributed by atoms with Crippen molar-refractivity contribution in [2.75, 3.05) is 0 Å². The Bertz CT molecular complexity index is 519. The Kier molecular flexibility index (Phi) is 5.72. The highest BCUT2D eigenvalue weighted by Crippen LogP contribution is 2.27. The molecule has 2 N–H and O–H groups in total. The zero-order chi connectivity index (χ0) is 16.4. The van der Waals surface area contributed by atoms with E-state index in [-0.39, 0.29) is 5.56 Å². The van der Waals surface area contributed by atoms with Crippen LogP contribution in [-0.4, -0.2) is 26.5 Å². The summed E-state index contributed by atoms with van der Waals surface area (Å²) >= 11 is -1.74. The molecule has 3 atom stereocenters. The minimum absolute atomic E-state index is 0.150. The van der Waals surface area contributed by atoms with E-state index in [1.165, 1.54) is 12.1 Å². The maximum absolute atomic E-state index is 14.0. The molecule has 7 heteroatoms. The summed E-state index contributed by atoms with van der Waals surface area (Å²) in [5, 5.41) is 8.85. The molecule has 0 aromatic heterocycles. The van der Waals surface area contributed by atoms with Gasteiger partial charge in [-0.2, -0.15) is 0 Å². The number of benzene rings is 1. The number of hydrogen-bond donors (Lipinski definition) is 2. The molecule has 0 aliphatic rings. The van der Waals surface area contributed by atoms with E-state index < -0.39 is 40.1 Å². The second-order valence-electron chi connectivity index (χ2n) is 5.74. The normalized spacial score (nSPS) is 16.3. The molecule has 0 amide bonds. The van der Waals surface area contributed by atoms with Crippen LogP contribution in [0.1, 0.15) is 37.9 Å². The third kappa shape index (κ3) is 4.66. The van der Waals surface area contributed by atoms with Crippen LogP contribution in [0.5, 0.6) is 0 Å². The third-order valence-electron chi connectivity index (χ3n) is 2.81. The van der Waals surface area contributed by atoms with Crippen molar-refractivity contribution in [2.45, 2.75) is 44.7 Å². The van der Waals surface area contributed by atoms with Crippen molar-refractivity contribution >= 4 is 17.3 Å². The predicted octanol–water partition coefficient (Wildman–Crippen LogP) is 2.65. The summed E-state index contributed by atoms with van der Waals surface area (Å²) in [6.07, 6.45) is -2.41. The van der Waals surface area contributed by atoms with Crippen LogP contribution in [0, 0.1) is 12.7 Å². The third-order valence-corrected chi connectivity index (χ3v) is 4.39. The van der Waals surface area contributed by atoms with Gasteiger partial charge in [-0.3, -0.25) is 0 Å². The number of carboxylic acid groups (broad SMARTS) is 1. The van der Waals surface area contributed by atoms with Crippen LogP contribution in [0.4, 0.5) is 8.78 Å². The Morgan fingerprint density at radius 3 is 2.48 bits per heavy atom. The number of aliphatic carboxylic acids is 1. The molecular formula is C14H19F2NO3S. The Balaban J connectivity index is 3.20. The Labute approximate surface area is 125 Å². The van der Waals surface area contributed by atoms with E-state index in [0.717, 1.165) is 6.07 Å². The molecule has 0 heterocycles. The van der Waals surface area contributed by atoms with Gasteiger partial charge in [0.05, 0.1) is 0 Å². The van der Waals surface area contributed by atoms with E-state index in [4.69, 9.17) is 5.11 Å². The molecule has 21 heavy (non-hydrogen) atoms. The highest BCUT2D eigenvalue weighted by Gasteiger charge is 2.38. The minimum Gasteiger partial charge on any atom is -0.598 e. The number of carbonyl (C=O) groups is 1. The van der Waals surface area contributed by atoms with E-state index in [1.807, 2.05) is 0 Å². The maximum Gasteiger partial charge on any atom is 0.340 e. The van der Waals surface area contributed by atoms with Gasteiger partial charge in [0.15, 0.2) is 0 Å². The van der Waals surface area contributed by atoms with Crippen molar-refractivity contribution in [1.82, 2.24) is 4.72 Å². The smallest absolute Gasteiger partial charge is 0.340 e. The molecule has 1 aromatic carbocycles. The summed E-state index contributed by atoms with van der Waals surface area (Å²) in [4.78, 5) is 10.9. The van der Waals surface area contributed by atoms with Crippen LogP contribution in [0.25, 0.3) is 0 Å². The molecule has 0 aliphatic carbocycles. The quantitative estimate of drug-likeness (QED) is 0.819. The Hall–Kier alpha value is -1.18. The van der Waals surface area contributed by atoms with Crippen molar-refractivity contribution in [3.8, 4) is 0 Å². The van der Waals surface area contributed by atoms with Gasteiger partial charge in [-0.1, -0.05) is 17.7 Å². The summed E-state index contributed by atoms with van der Waals surface area (Å²) in [5.74, 6) is -2.48. The fourth-order valence-electron chi connectivity index (χ4n) is 1.62. The highest BCUT2D eigenvalue weighted by atomic mass is 32.2. The molecule has 0 fully saturated rings. The lowest BCUT2D eigenvalue weighted by molar-refractivity contribution is -0.143. The molecule has 4 nitrogen and oxygen atoms in total. The van der Waals surface area contributed by atoms with Gasteiger partial charge in [-0.25, -0.2) is 13.6 Å². The van der Waals surface area contributed by atoms with E-state index in [1.54, 1.807) is 27.7 Å². The highest BCUT2D eigenvalue weighted by molar-refractivity contribution is 7.90. The summed E-state index contributed by atoms with van der Waals surface area (Å²) in [7, 11) is 0. The van der Waals surface area contributed by atoms with Gasteiger partial charge in [0.25, 0.3) is 0 Å². The largest absolute Gasteiger partial charge is 0.598 e. The number of halogens is 2. The maximum atomic E-state index is 14.0. The molecule has 1 aromatic rings. The van der Waals surface area contributed by atoms with Crippen molar-refractivity contribution in [3.63, 3.8) is 0 Å². The minimum atomic E-state index is -2.41. The lowest BCUT2D eigenvalue weighted by atomic mass is 10.0. The standard InChI is InChI=1S/C14H19F2NO3S/c1-8-5-6-10(15)9(7-8)12(11(16)13(18)19)17-21(20)14(2,3)4/h5-7,11-12,17H,1-4H3,(H,18,19). The number of rotatable bonds is 5. The first-order chi connectivity index (χ1) is 9.54. The number of aryl methyl sites for hydroxylation is 1. The summed E-state index contributed by atoms with van der Waals surface area (Å²) in [5.41, 5.74) is 0.500. The molecule has 3 unspecified atom stereocenters. The van der Waals surface area contributed by atoms with E-state index in [9.17, 15) is 18.1 Å². The first kappa shape index (κ1) is 17.9. The summed E-state index contributed by atoms with van der Waals surface area (Å²) < 4.78 is 41.6. The lowest BCUT2D eigenvalue weighted by Crippen LogP contribution is -2.45. The monoisotopic (exact) mass is 319 g/mol. The lowest BCUT2D eigenvalue weighted by Gasteiger charge is -2.28. The van der Waals surface area contributed by atoms with Gasteiger partial charge in [0, 0.05) is 16.9 Å². The Morgan fingerprint density at radius 2 is 2.00 bits per heavy atom. The van der Waals surface area contributed by atoms with Gasteiger partial charge in [0.2, 0.25) is 6.17 Å². The molecule has 0 aliphatic heterocycles. The first-order valence-electron chi connectivity index (χ1n) is 6.35. The fourth-order valence-corrected chi connectivity index (χ4v) is 2.45. The molecular weight excluding hydrogens is 300 g/mol. The van der Waals surface area contributed by atoms with Crippen LogP contribution >= 0.6 is 0 Å². The van der Waals surface area contributed by atoms with Gasteiger partial charge in [-0.15, -0.1) is 4.72 Å². The summed E-state index contributed by atoms with van der Waals surface area (Å²) in [6, 6.07) is 2.45. The average Bonchev–Trinajstić information content (AvgIpc) is 2.36. The first-order valence-corrected chi connectivity index (χ1v) is 7.50. The van der Waals surface area contributed by atoms with Crippen molar-refractivity contribution in [2.24, 2.45) is 0 Å². The van der Waals surface area contributed by atoms with Crippen molar-refractivity contribution < 1.29 is 23.2 Å². The van der Waals surface area contributed by atoms with Crippen LogP contribution in [0.15, 0.2) is 18.2 Å². The van der Waals surface area contributed by atoms with E-state index in [0.29, 0.717) is 5.56 Å².